The maximum atomic E-state index is 14.1. The standard InChI is InChI=1S/C42H57N5O6S.C3H8/c1-28(39(50)45-32(40-43-21-23-54-40)24-29-14-9-7-10-15-29)38(53-6)33-18-13-22-47(33)35(48)25-34(52-5)37(31-19-20-31)46(4)36(49)27-44-41(51)42(2,3)26-30-16-11-8-12-17-30;1-3-2/h7-12,14-17,21,23,28,31-34,37-38H,13,18-20,22,24-27H2,1-6H3,(H,44,51)(H,45,50);3H2,1-2H3. The molecule has 0 bridgehead atoms. The molecule has 12 heteroatoms. The second-order valence-electron chi connectivity index (χ2n) is 16.2. The first kappa shape index (κ1) is 45.6. The number of methoxy groups -OCH3 is 2. The summed E-state index contributed by atoms with van der Waals surface area (Å²) >= 11 is 1.51. The van der Waals surface area contributed by atoms with Crippen molar-refractivity contribution in [2.24, 2.45) is 17.3 Å². The molecule has 2 aliphatic rings. The number of amides is 4. The summed E-state index contributed by atoms with van der Waals surface area (Å²) in [6.07, 6.45) is 6.55. The SMILES string of the molecule is CCC.COC(CC(=O)N1CCCC1C(OC)C(C)C(=O)NC(Cc1ccccc1)c1nccs1)C(C1CC1)N(C)C(=O)CNC(=O)C(C)(C)Cc1ccccc1. The number of benzene rings is 2. The van der Waals surface area contributed by atoms with Crippen LogP contribution in [-0.4, -0.2) is 97.1 Å². The van der Waals surface area contributed by atoms with Crippen LogP contribution in [0.15, 0.2) is 72.2 Å². The zero-order chi connectivity index (χ0) is 41.5. The number of nitrogens with one attached hydrogen (secondary N) is 2. The summed E-state index contributed by atoms with van der Waals surface area (Å²) < 4.78 is 12.0. The van der Waals surface area contributed by atoms with Crippen LogP contribution in [0.4, 0.5) is 0 Å². The Bertz CT molecular complexity index is 1690. The van der Waals surface area contributed by atoms with E-state index in [1.165, 1.54) is 17.8 Å². The van der Waals surface area contributed by atoms with Gasteiger partial charge in [0.1, 0.15) is 5.01 Å². The summed E-state index contributed by atoms with van der Waals surface area (Å²) in [4.78, 5) is 62.7. The number of likely N-dealkylation sites (tertiary alicyclic amines) is 1. The van der Waals surface area contributed by atoms with Gasteiger partial charge in [-0.2, -0.15) is 0 Å². The maximum Gasteiger partial charge on any atom is 0.242 e. The van der Waals surface area contributed by atoms with Gasteiger partial charge in [-0.15, -0.1) is 11.3 Å². The number of thiazole rings is 1. The molecule has 1 saturated carbocycles. The second kappa shape index (κ2) is 22.1. The number of rotatable bonds is 19. The van der Waals surface area contributed by atoms with Crippen molar-refractivity contribution in [3.63, 3.8) is 0 Å². The fraction of sp³-hybridized carbons (Fsp3) is 0.578. The number of nitrogens with zero attached hydrogens (tertiary/aromatic N) is 3. The van der Waals surface area contributed by atoms with Crippen molar-refractivity contribution < 1.29 is 28.7 Å². The molecule has 57 heavy (non-hydrogen) atoms. The predicted octanol–water partition coefficient (Wildman–Crippen LogP) is 6.63. The largest absolute Gasteiger partial charge is 0.379 e. The van der Waals surface area contributed by atoms with Crippen molar-refractivity contribution in [3.05, 3.63) is 88.4 Å². The Morgan fingerprint density at radius 2 is 1.60 bits per heavy atom. The quantitative estimate of drug-likeness (QED) is 0.139. The van der Waals surface area contributed by atoms with Crippen molar-refractivity contribution in [1.82, 2.24) is 25.4 Å². The van der Waals surface area contributed by atoms with Gasteiger partial charge in [-0.05, 0) is 55.6 Å². The zero-order valence-electron chi connectivity index (χ0n) is 35.2. The first-order valence-electron chi connectivity index (χ1n) is 20.5. The summed E-state index contributed by atoms with van der Waals surface area (Å²) in [5.41, 5.74) is 1.45. The number of ether oxygens (including phenoxy) is 2. The molecule has 1 saturated heterocycles. The average Bonchev–Trinajstić information content (AvgIpc) is 3.64. The molecule has 0 radical (unpaired) electrons. The van der Waals surface area contributed by atoms with Crippen LogP contribution in [0.5, 0.6) is 0 Å². The third-order valence-electron chi connectivity index (χ3n) is 11.0. The van der Waals surface area contributed by atoms with Gasteiger partial charge in [-0.25, -0.2) is 4.98 Å². The van der Waals surface area contributed by atoms with Crippen LogP contribution in [0.1, 0.15) is 95.3 Å². The van der Waals surface area contributed by atoms with Crippen molar-refractivity contribution in [1.29, 1.82) is 0 Å². The van der Waals surface area contributed by atoms with Gasteiger partial charge in [0.15, 0.2) is 0 Å². The van der Waals surface area contributed by atoms with E-state index in [1.54, 1.807) is 32.4 Å². The fourth-order valence-electron chi connectivity index (χ4n) is 7.86. The van der Waals surface area contributed by atoms with Crippen LogP contribution in [0, 0.1) is 17.3 Å². The third kappa shape index (κ3) is 12.9. The van der Waals surface area contributed by atoms with Gasteiger partial charge in [0.2, 0.25) is 23.6 Å². The topological polar surface area (TPSA) is 130 Å². The van der Waals surface area contributed by atoms with E-state index in [4.69, 9.17) is 9.47 Å². The molecule has 3 aromatic rings. The molecule has 1 aromatic heterocycles. The van der Waals surface area contributed by atoms with Gasteiger partial charge >= 0.3 is 0 Å². The average molecular weight is 804 g/mol. The van der Waals surface area contributed by atoms with E-state index < -0.39 is 23.5 Å². The van der Waals surface area contributed by atoms with Crippen molar-refractivity contribution >= 4 is 35.0 Å². The van der Waals surface area contributed by atoms with Crippen molar-refractivity contribution in [3.8, 4) is 0 Å². The molecule has 1 aliphatic carbocycles. The molecule has 4 amide bonds. The lowest BCUT2D eigenvalue weighted by atomic mass is 9.85. The zero-order valence-corrected chi connectivity index (χ0v) is 36.1. The minimum absolute atomic E-state index is 0.0858. The molecule has 6 unspecified atom stereocenters. The van der Waals surface area contributed by atoms with Crippen LogP contribution in [0.3, 0.4) is 0 Å². The Hall–Kier alpha value is -4.13. The van der Waals surface area contributed by atoms with Crippen LogP contribution < -0.4 is 10.6 Å². The Balaban J connectivity index is 0.00000232. The highest BCUT2D eigenvalue weighted by Gasteiger charge is 2.45. The summed E-state index contributed by atoms with van der Waals surface area (Å²) in [7, 11) is 4.92. The third-order valence-corrected chi connectivity index (χ3v) is 11.9. The molecule has 0 spiro atoms. The summed E-state index contributed by atoms with van der Waals surface area (Å²) in [6.45, 7) is 10.3. The molecule has 5 rings (SSSR count). The lowest BCUT2D eigenvalue weighted by Gasteiger charge is -2.37. The first-order chi connectivity index (χ1) is 27.3. The van der Waals surface area contributed by atoms with Crippen LogP contribution in [0.2, 0.25) is 0 Å². The number of likely N-dealkylation sites (N-methyl/N-ethyl adjacent to an activating group) is 1. The van der Waals surface area contributed by atoms with Crippen LogP contribution in [0.25, 0.3) is 0 Å². The maximum absolute atomic E-state index is 14.1. The normalized spacial score (nSPS) is 18.0. The Morgan fingerprint density at radius 3 is 2.16 bits per heavy atom. The number of hydrogen-bond acceptors (Lipinski definition) is 8. The molecule has 2 fully saturated rings. The second-order valence-corrected chi connectivity index (χ2v) is 17.1. The highest BCUT2D eigenvalue weighted by molar-refractivity contribution is 7.09. The van der Waals surface area contributed by atoms with Crippen LogP contribution in [-0.2, 0) is 41.5 Å². The summed E-state index contributed by atoms with van der Waals surface area (Å²) in [6, 6.07) is 18.9. The number of aromatic nitrogens is 1. The molecule has 6 atom stereocenters. The molecule has 11 nitrogen and oxygen atoms in total. The molecule has 1 aliphatic heterocycles. The number of carbonyl (C=O) groups is 4. The first-order valence-corrected chi connectivity index (χ1v) is 21.4. The van der Waals surface area contributed by atoms with E-state index in [2.05, 4.69) is 29.5 Å². The molecule has 312 valence electrons. The highest BCUT2D eigenvalue weighted by Crippen LogP contribution is 2.39. The van der Waals surface area contributed by atoms with E-state index in [0.29, 0.717) is 25.8 Å². The molecule has 2 heterocycles. The molecule has 2 N–H and O–H groups in total. The molecular formula is C45H65N5O6S. The Kier molecular flexibility index (Phi) is 17.7. The minimum Gasteiger partial charge on any atom is -0.379 e. The van der Waals surface area contributed by atoms with E-state index in [1.807, 2.05) is 91.7 Å². The summed E-state index contributed by atoms with van der Waals surface area (Å²) in [5.74, 6) is -1.01. The lowest BCUT2D eigenvalue weighted by Crippen LogP contribution is -2.53. The van der Waals surface area contributed by atoms with Crippen molar-refractivity contribution in [2.75, 3.05) is 34.4 Å². The molecular weight excluding hydrogens is 739 g/mol. The minimum atomic E-state index is -0.701. The van der Waals surface area contributed by atoms with Crippen LogP contribution >= 0.6 is 11.3 Å². The van der Waals surface area contributed by atoms with Gasteiger partial charge < -0.3 is 29.9 Å². The summed E-state index contributed by atoms with van der Waals surface area (Å²) in [5, 5.41) is 8.83. The molecule has 2 aromatic carbocycles. The Morgan fingerprint density at radius 1 is 0.965 bits per heavy atom. The van der Waals surface area contributed by atoms with Gasteiger partial charge in [-0.3, -0.25) is 19.2 Å². The van der Waals surface area contributed by atoms with E-state index >= 15 is 0 Å². The smallest absolute Gasteiger partial charge is 0.242 e. The lowest BCUT2D eigenvalue weighted by molar-refractivity contribution is -0.145. The van der Waals surface area contributed by atoms with E-state index in [-0.39, 0.29) is 60.6 Å². The highest BCUT2D eigenvalue weighted by atomic mass is 32.1. The fourth-order valence-corrected chi connectivity index (χ4v) is 8.55. The van der Waals surface area contributed by atoms with E-state index in [0.717, 1.165) is 35.4 Å². The monoisotopic (exact) mass is 803 g/mol. The predicted molar refractivity (Wildman–Crippen MR) is 225 cm³/mol. The van der Waals surface area contributed by atoms with E-state index in [9.17, 15) is 19.2 Å². The van der Waals surface area contributed by atoms with Gasteiger partial charge in [0, 0.05) is 44.8 Å². The Labute approximate surface area is 344 Å². The van der Waals surface area contributed by atoms with Gasteiger partial charge in [0.25, 0.3) is 0 Å². The number of hydrogen-bond donors (Lipinski definition) is 2. The van der Waals surface area contributed by atoms with Gasteiger partial charge in [0.05, 0.1) is 49.2 Å². The van der Waals surface area contributed by atoms with Gasteiger partial charge in [-0.1, -0.05) is 102 Å². The number of carbonyl (C=O) groups excluding carboxylic acids is 4. The van der Waals surface area contributed by atoms with Crippen molar-refractivity contribution in [2.45, 2.75) is 116 Å².